The SMILES string of the molecule is N#CCCCCCOc1ccccc1. The van der Waals surface area contributed by atoms with Crippen LogP contribution < -0.4 is 4.74 Å². The van der Waals surface area contributed by atoms with E-state index in [0.29, 0.717) is 6.42 Å². The molecule has 0 amide bonds. The second kappa shape index (κ2) is 6.97. The molecule has 0 N–H and O–H groups in total. The van der Waals surface area contributed by atoms with Gasteiger partial charge >= 0.3 is 0 Å². The highest BCUT2D eigenvalue weighted by Gasteiger charge is 1.91. The van der Waals surface area contributed by atoms with E-state index < -0.39 is 0 Å². The van der Waals surface area contributed by atoms with Crippen LogP contribution in [-0.2, 0) is 0 Å². The fourth-order valence-electron chi connectivity index (χ4n) is 1.19. The van der Waals surface area contributed by atoms with E-state index in [1.807, 2.05) is 30.3 Å². The van der Waals surface area contributed by atoms with Crippen LogP contribution in [-0.4, -0.2) is 6.61 Å². The summed E-state index contributed by atoms with van der Waals surface area (Å²) in [6.45, 7) is 0.745. The van der Waals surface area contributed by atoms with E-state index in [4.69, 9.17) is 10.00 Å². The number of benzene rings is 1. The number of rotatable bonds is 6. The van der Waals surface area contributed by atoms with Gasteiger partial charge in [-0.2, -0.15) is 5.26 Å². The Morgan fingerprint density at radius 2 is 1.86 bits per heavy atom. The van der Waals surface area contributed by atoms with Crippen LogP contribution in [0, 0.1) is 11.3 Å². The number of unbranched alkanes of at least 4 members (excludes halogenated alkanes) is 3. The molecule has 0 aromatic heterocycles. The highest BCUT2D eigenvalue weighted by Crippen LogP contribution is 2.09. The van der Waals surface area contributed by atoms with Gasteiger partial charge in [-0.05, 0) is 31.4 Å². The van der Waals surface area contributed by atoms with Gasteiger partial charge < -0.3 is 4.74 Å². The minimum absolute atomic E-state index is 0.658. The van der Waals surface area contributed by atoms with E-state index >= 15 is 0 Å². The van der Waals surface area contributed by atoms with Gasteiger partial charge in [0.05, 0.1) is 12.7 Å². The Morgan fingerprint density at radius 3 is 2.57 bits per heavy atom. The van der Waals surface area contributed by atoms with E-state index in [1.54, 1.807) is 0 Å². The molecule has 74 valence electrons. The summed E-state index contributed by atoms with van der Waals surface area (Å²) in [5, 5.41) is 8.32. The zero-order valence-corrected chi connectivity index (χ0v) is 8.28. The van der Waals surface area contributed by atoms with Gasteiger partial charge in [0.25, 0.3) is 0 Å². The van der Waals surface area contributed by atoms with Gasteiger partial charge in [-0.1, -0.05) is 18.2 Å². The predicted molar refractivity (Wildman–Crippen MR) is 56.0 cm³/mol. The molecule has 0 heterocycles. The lowest BCUT2D eigenvalue weighted by molar-refractivity contribution is 0.305. The first-order chi connectivity index (χ1) is 6.93. The summed E-state index contributed by atoms with van der Waals surface area (Å²) in [4.78, 5) is 0. The van der Waals surface area contributed by atoms with Crippen LogP contribution in [0.25, 0.3) is 0 Å². The number of hydrogen-bond donors (Lipinski definition) is 0. The smallest absolute Gasteiger partial charge is 0.119 e. The van der Waals surface area contributed by atoms with Crippen LogP contribution >= 0.6 is 0 Å². The van der Waals surface area contributed by atoms with Crippen LogP contribution in [0.5, 0.6) is 5.75 Å². The average molecular weight is 189 g/mol. The Kier molecular flexibility index (Phi) is 5.27. The maximum Gasteiger partial charge on any atom is 0.119 e. The normalized spacial score (nSPS) is 9.36. The molecule has 0 radical (unpaired) electrons. The summed E-state index contributed by atoms with van der Waals surface area (Å²) in [6.07, 6.45) is 3.73. The lowest BCUT2D eigenvalue weighted by atomic mass is 10.2. The van der Waals surface area contributed by atoms with Crippen molar-refractivity contribution in [3.8, 4) is 11.8 Å². The maximum absolute atomic E-state index is 8.32. The van der Waals surface area contributed by atoms with E-state index in [9.17, 15) is 0 Å². The van der Waals surface area contributed by atoms with Crippen LogP contribution in [0.4, 0.5) is 0 Å². The van der Waals surface area contributed by atoms with Gasteiger partial charge in [-0.25, -0.2) is 0 Å². The average Bonchev–Trinajstić information content (AvgIpc) is 2.25. The first kappa shape index (κ1) is 10.6. The summed E-state index contributed by atoms with van der Waals surface area (Å²) in [6, 6.07) is 11.9. The summed E-state index contributed by atoms with van der Waals surface area (Å²) in [7, 11) is 0. The molecule has 0 atom stereocenters. The second-order valence-corrected chi connectivity index (χ2v) is 3.13. The van der Waals surface area contributed by atoms with Crippen molar-refractivity contribution in [3.05, 3.63) is 30.3 Å². The molecular formula is C12H15NO. The van der Waals surface area contributed by atoms with Crippen molar-refractivity contribution < 1.29 is 4.74 Å². The number of hydrogen-bond acceptors (Lipinski definition) is 2. The zero-order valence-electron chi connectivity index (χ0n) is 8.28. The highest BCUT2D eigenvalue weighted by molar-refractivity contribution is 5.20. The fraction of sp³-hybridized carbons (Fsp3) is 0.417. The van der Waals surface area contributed by atoms with Crippen molar-refractivity contribution in [2.75, 3.05) is 6.61 Å². The number of nitrogens with zero attached hydrogens (tertiary/aromatic N) is 1. The van der Waals surface area contributed by atoms with Crippen molar-refractivity contribution in [3.63, 3.8) is 0 Å². The van der Waals surface area contributed by atoms with Crippen LogP contribution in [0.1, 0.15) is 25.7 Å². The van der Waals surface area contributed by atoms with Crippen LogP contribution in [0.15, 0.2) is 30.3 Å². The van der Waals surface area contributed by atoms with E-state index in [1.165, 1.54) is 0 Å². The topological polar surface area (TPSA) is 33.0 Å². The zero-order chi connectivity index (χ0) is 10.1. The third-order valence-corrected chi connectivity index (χ3v) is 1.94. The molecule has 0 aliphatic carbocycles. The third kappa shape index (κ3) is 4.51. The monoisotopic (exact) mass is 189 g/mol. The number of para-hydroxylation sites is 1. The van der Waals surface area contributed by atoms with Gasteiger partial charge in [0, 0.05) is 6.42 Å². The molecule has 14 heavy (non-hydrogen) atoms. The highest BCUT2D eigenvalue weighted by atomic mass is 16.5. The van der Waals surface area contributed by atoms with Crippen molar-refractivity contribution in [1.82, 2.24) is 0 Å². The van der Waals surface area contributed by atoms with Crippen molar-refractivity contribution in [2.45, 2.75) is 25.7 Å². The molecular weight excluding hydrogens is 174 g/mol. The fourth-order valence-corrected chi connectivity index (χ4v) is 1.19. The molecule has 0 aliphatic rings. The van der Waals surface area contributed by atoms with Gasteiger partial charge in [0.15, 0.2) is 0 Å². The third-order valence-electron chi connectivity index (χ3n) is 1.94. The number of nitriles is 1. The van der Waals surface area contributed by atoms with Crippen LogP contribution in [0.2, 0.25) is 0 Å². The lowest BCUT2D eigenvalue weighted by Crippen LogP contribution is -1.96. The molecule has 2 nitrogen and oxygen atoms in total. The lowest BCUT2D eigenvalue weighted by Gasteiger charge is -2.04. The first-order valence-electron chi connectivity index (χ1n) is 4.98. The molecule has 1 rings (SSSR count). The van der Waals surface area contributed by atoms with Crippen LogP contribution in [0.3, 0.4) is 0 Å². The molecule has 2 heteroatoms. The molecule has 0 fully saturated rings. The Morgan fingerprint density at radius 1 is 1.07 bits per heavy atom. The molecule has 0 saturated carbocycles. The molecule has 1 aromatic rings. The quantitative estimate of drug-likeness (QED) is 0.644. The minimum atomic E-state index is 0.658. The maximum atomic E-state index is 8.32. The molecule has 0 bridgehead atoms. The predicted octanol–water partition coefficient (Wildman–Crippen LogP) is 3.15. The number of ether oxygens (including phenoxy) is 1. The molecule has 1 aromatic carbocycles. The first-order valence-corrected chi connectivity index (χ1v) is 4.98. The van der Waals surface area contributed by atoms with Gasteiger partial charge in [0.2, 0.25) is 0 Å². The van der Waals surface area contributed by atoms with Gasteiger partial charge in [-0.3, -0.25) is 0 Å². The Labute approximate surface area is 85.1 Å². The Balaban J connectivity index is 2.03. The van der Waals surface area contributed by atoms with Gasteiger partial charge in [-0.15, -0.1) is 0 Å². The molecule has 0 saturated heterocycles. The Hall–Kier alpha value is -1.49. The summed E-state index contributed by atoms with van der Waals surface area (Å²) in [5.74, 6) is 0.924. The second-order valence-electron chi connectivity index (χ2n) is 3.13. The largest absolute Gasteiger partial charge is 0.494 e. The van der Waals surface area contributed by atoms with E-state index in [0.717, 1.165) is 31.6 Å². The van der Waals surface area contributed by atoms with Crippen molar-refractivity contribution in [1.29, 1.82) is 5.26 Å². The van der Waals surface area contributed by atoms with Gasteiger partial charge in [0.1, 0.15) is 5.75 Å². The Bertz CT molecular complexity index is 276. The molecule has 0 unspecified atom stereocenters. The standard InChI is InChI=1S/C12H15NO/c13-10-6-1-2-7-11-14-12-8-4-3-5-9-12/h3-5,8-9H,1-2,6-7,11H2. The van der Waals surface area contributed by atoms with E-state index in [-0.39, 0.29) is 0 Å². The summed E-state index contributed by atoms with van der Waals surface area (Å²) < 4.78 is 5.50. The molecule has 0 spiro atoms. The van der Waals surface area contributed by atoms with E-state index in [2.05, 4.69) is 6.07 Å². The molecule has 0 aliphatic heterocycles. The van der Waals surface area contributed by atoms with Crippen molar-refractivity contribution in [2.24, 2.45) is 0 Å². The summed E-state index contributed by atoms with van der Waals surface area (Å²) in [5.41, 5.74) is 0. The summed E-state index contributed by atoms with van der Waals surface area (Å²) >= 11 is 0. The van der Waals surface area contributed by atoms with Crippen molar-refractivity contribution >= 4 is 0 Å². The minimum Gasteiger partial charge on any atom is -0.494 e.